The Hall–Kier alpha value is -5.56. The lowest BCUT2D eigenvalue weighted by atomic mass is 10.0. The maximum atomic E-state index is 9.40. The van der Waals surface area contributed by atoms with E-state index in [4.69, 9.17) is 21.3 Å². The number of methoxy groups -OCH3 is 1. The summed E-state index contributed by atoms with van der Waals surface area (Å²) >= 11 is 0. The molecule has 0 unspecified atom stereocenters. The number of nitrogens with one attached hydrogen (secondary N) is 2. The van der Waals surface area contributed by atoms with Crippen LogP contribution in [0.4, 0.5) is 22.7 Å². The molecule has 6 aromatic carbocycles. The summed E-state index contributed by atoms with van der Waals surface area (Å²) in [7, 11) is 1.59. The number of nitrogen functional groups attached to an aromatic ring is 2. The molecule has 1 aliphatic rings. The van der Waals surface area contributed by atoms with Crippen LogP contribution in [0.2, 0.25) is 0 Å². The van der Waals surface area contributed by atoms with Crippen LogP contribution in [0.25, 0.3) is 21.5 Å². The van der Waals surface area contributed by atoms with Crippen LogP contribution in [0.15, 0.2) is 121 Å². The number of rotatable bonds is 2. The normalized spacial score (nSPS) is 11.7. The van der Waals surface area contributed by atoms with Gasteiger partial charge in [0.25, 0.3) is 0 Å². The van der Waals surface area contributed by atoms with Crippen molar-refractivity contribution in [3.63, 3.8) is 0 Å². The maximum absolute atomic E-state index is 9.40. The van der Waals surface area contributed by atoms with Gasteiger partial charge < -0.3 is 37.1 Å². The minimum atomic E-state index is 0.0103. The predicted molar refractivity (Wildman–Crippen MR) is 169 cm³/mol. The molecular weight excluding hydrogens is 512 g/mol. The topological polar surface area (TPSA) is 126 Å². The van der Waals surface area contributed by atoms with Gasteiger partial charge in [-0.3, -0.25) is 0 Å². The van der Waals surface area contributed by atoms with Gasteiger partial charge in [0.1, 0.15) is 23.4 Å². The molecular formula is C34H32N4O3. The van der Waals surface area contributed by atoms with Crippen molar-refractivity contribution >= 4 is 44.3 Å². The molecule has 41 heavy (non-hydrogen) atoms. The van der Waals surface area contributed by atoms with Gasteiger partial charge in [-0.05, 0) is 77.0 Å². The van der Waals surface area contributed by atoms with Crippen LogP contribution in [-0.2, 0) is 0 Å². The summed E-state index contributed by atoms with van der Waals surface area (Å²) in [4.78, 5) is 0. The fourth-order valence-corrected chi connectivity index (χ4v) is 4.74. The Kier molecular flexibility index (Phi) is 7.97. The quantitative estimate of drug-likeness (QED) is 0.125. The highest BCUT2D eigenvalue weighted by molar-refractivity contribution is 6.05. The fraction of sp³-hybridized carbons (Fsp3) is 0.0588. The third-order valence-corrected chi connectivity index (χ3v) is 6.77. The number of anilines is 4. The molecule has 0 radical (unpaired) electrons. The van der Waals surface area contributed by atoms with E-state index in [0.717, 1.165) is 44.8 Å². The van der Waals surface area contributed by atoms with E-state index in [1.165, 1.54) is 10.8 Å². The summed E-state index contributed by atoms with van der Waals surface area (Å²) in [5, 5.41) is 29.7. The van der Waals surface area contributed by atoms with E-state index in [9.17, 15) is 5.11 Å². The summed E-state index contributed by atoms with van der Waals surface area (Å²) < 4.78 is 4.86. The van der Waals surface area contributed by atoms with E-state index >= 15 is 0 Å². The molecule has 7 heteroatoms. The highest BCUT2D eigenvalue weighted by Crippen LogP contribution is 2.38. The molecule has 0 aliphatic carbocycles. The molecule has 7 rings (SSSR count). The van der Waals surface area contributed by atoms with Gasteiger partial charge in [-0.2, -0.15) is 0 Å². The SMILES string of the molecule is COc1ccc(O)cc1.Nc1cccc2cccc(N)c12.Oc1ccc(C2Nc3cccc4cccc(c34)N2)cc1. The molecule has 1 heterocycles. The Labute approximate surface area is 238 Å². The van der Waals surface area contributed by atoms with Crippen molar-refractivity contribution in [3.8, 4) is 17.2 Å². The average Bonchev–Trinajstić information content (AvgIpc) is 2.99. The number of hydrogen-bond donors (Lipinski definition) is 6. The number of fused-ring (bicyclic) bond motifs is 1. The van der Waals surface area contributed by atoms with Gasteiger partial charge in [-0.25, -0.2) is 0 Å². The van der Waals surface area contributed by atoms with E-state index < -0.39 is 0 Å². The molecule has 0 saturated carbocycles. The number of benzene rings is 6. The fourth-order valence-electron chi connectivity index (χ4n) is 4.74. The number of phenols is 2. The van der Waals surface area contributed by atoms with Crippen molar-refractivity contribution in [2.24, 2.45) is 0 Å². The summed E-state index contributed by atoms with van der Waals surface area (Å²) in [6, 6.07) is 38.0. The lowest BCUT2D eigenvalue weighted by Crippen LogP contribution is -2.23. The minimum absolute atomic E-state index is 0.0103. The molecule has 0 fully saturated rings. The minimum Gasteiger partial charge on any atom is -0.508 e. The molecule has 0 spiro atoms. The maximum Gasteiger partial charge on any atom is 0.123 e. The zero-order valence-corrected chi connectivity index (χ0v) is 22.6. The molecule has 0 saturated heterocycles. The van der Waals surface area contributed by atoms with Crippen LogP contribution in [0.5, 0.6) is 17.2 Å². The Morgan fingerprint density at radius 2 is 1.00 bits per heavy atom. The number of phenolic OH excluding ortho intramolecular Hbond substituents is 2. The first-order valence-corrected chi connectivity index (χ1v) is 13.1. The van der Waals surface area contributed by atoms with Gasteiger partial charge in [0, 0.05) is 33.5 Å². The number of aromatic hydroxyl groups is 2. The second kappa shape index (κ2) is 12.1. The standard InChI is InChI=1S/C17H14N2O.C10H10N2.C7H8O2/c20-13-9-7-12(8-10-13)17-18-14-5-1-3-11-4-2-6-15(19-17)16(11)14;11-8-5-1-3-7-4-2-6-9(12)10(7)8;1-9-7-4-2-6(8)3-5-7/h1-10,17-20H;1-6H,11-12H2;2-5,8H,1H3. The summed E-state index contributed by atoms with van der Waals surface area (Å²) in [5.41, 5.74) is 16.4. The molecule has 7 nitrogen and oxygen atoms in total. The van der Waals surface area contributed by atoms with Crippen molar-refractivity contribution in [1.82, 2.24) is 0 Å². The van der Waals surface area contributed by atoms with Crippen molar-refractivity contribution in [2.75, 3.05) is 29.2 Å². The highest BCUT2D eigenvalue weighted by Gasteiger charge is 2.19. The van der Waals surface area contributed by atoms with Gasteiger partial charge in [0.15, 0.2) is 0 Å². The molecule has 0 amide bonds. The second-order valence-electron chi connectivity index (χ2n) is 9.51. The second-order valence-corrected chi connectivity index (χ2v) is 9.51. The first kappa shape index (κ1) is 27.0. The van der Waals surface area contributed by atoms with Crippen LogP contribution >= 0.6 is 0 Å². The van der Waals surface area contributed by atoms with Crippen molar-refractivity contribution in [3.05, 3.63) is 127 Å². The lowest BCUT2D eigenvalue weighted by molar-refractivity contribution is 0.412. The van der Waals surface area contributed by atoms with Crippen molar-refractivity contribution in [1.29, 1.82) is 0 Å². The zero-order valence-electron chi connectivity index (χ0n) is 22.6. The van der Waals surface area contributed by atoms with Gasteiger partial charge in [0.2, 0.25) is 0 Å². The smallest absolute Gasteiger partial charge is 0.123 e. The summed E-state index contributed by atoms with van der Waals surface area (Å²) in [6.07, 6.45) is 0.0103. The first-order valence-electron chi connectivity index (χ1n) is 13.1. The molecule has 6 aromatic rings. The number of hydrogen-bond acceptors (Lipinski definition) is 7. The summed E-state index contributed by atoms with van der Waals surface area (Å²) in [5.74, 6) is 1.30. The van der Waals surface area contributed by atoms with E-state index in [1.54, 1.807) is 43.5 Å². The third-order valence-electron chi connectivity index (χ3n) is 6.77. The van der Waals surface area contributed by atoms with E-state index in [-0.39, 0.29) is 17.7 Å². The highest BCUT2D eigenvalue weighted by atomic mass is 16.5. The Morgan fingerprint density at radius 3 is 1.46 bits per heavy atom. The molecule has 8 N–H and O–H groups in total. The van der Waals surface area contributed by atoms with Crippen LogP contribution in [-0.4, -0.2) is 17.3 Å². The van der Waals surface area contributed by atoms with Crippen molar-refractivity contribution < 1.29 is 14.9 Å². The van der Waals surface area contributed by atoms with E-state index in [0.29, 0.717) is 0 Å². The van der Waals surface area contributed by atoms with E-state index in [2.05, 4.69) is 47.0 Å². The zero-order chi connectivity index (χ0) is 28.8. The summed E-state index contributed by atoms with van der Waals surface area (Å²) in [6.45, 7) is 0. The van der Waals surface area contributed by atoms with Crippen LogP contribution in [0.3, 0.4) is 0 Å². The number of ether oxygens (including phenoxy) is 1. The monoisotopic (exact) mass is 544 g/mol. The predicted octanol–water partition coefficient (Wildman–Crippen LogP) is 7.49. The van der Waals surface area contributed by atoms with Gasteiger partial charge in [-0.1, -0.05) is 60.7 Å². The molecule has 0 atom stereocenters. The Morgan fingerprint density at radius 1 is 0.561 bits per heavy atom. The van der Waals surface area contributed by atoms with E-state index in [1.807, 2.05) is 48.5 Å². The van der Waals surface area contributed by atoms with Crippen LogP contribution in [0.1, 0.15) is 11.7 Å². The number of nitrogens with two attached hydrogens (primary N) is 2. The Balaban J connectivity index is 0.000000137. The molecule has 0 bridgehead atoms. The lowest BCUT2D eigenvalue weighted by Gasteiger charge is -2.29. The Bertz CT molecular complexity index is 1690. The third kappa shape index (κ3) is 6.20. The first-order chi connectivity index (χ1) is 19.9. The van der Waals surface area contributed by atoms with Gasteiger partial charge >= 0.3 is 0 Å². The van der Waals surface area contributed by atoms with Gasteiger partial charge in [0.05, 0.1) is 7.11 Å². The van der Waals surface area contributed by atoms with Crippen LogP contribution < -0.4 is 26.8 Å². The van der Waals surface area contributed by atoms with Crippen LogP contribution in [0, 0.1) is 0 Å². The average molecular weight is 545 g/mol. The molecule has 206 valence electrons. The molecule has 1 aliphatic heterocycles. The molecule has 0 aromatic heterocycles. The van der Waals surface area contributed by atoms with Crippen molar-refractivity contribution in [2.45, 2.75) is 6.17 Å². The van der Waals surface area contributed by atoms with Gasteiger partial charge in [-0.15, -0.1) is 0 Å². The largest absolute Gasteiger partial charge is 0.508 e.